The van der Waals surface area contributed by atoms with E-state index in [9.17, 15) is 13.9 Å². The number of anilines is 1. The largest absolute Gasteiger partial charge is 0.394 e. The van der Waals surface area contributed by atoms with Crippen molar-refractivity contribution in [1.29, 1.82) is 0 Å². The summed E-state index contributed by atoms with van der Waals surface area (Å²) in [5.74, 6) is -0.880. The van der Waals surface area contributed by atoms with Gasteiger partial charge in [0.25, 0.3) is 0 Å². The van der Waals surface area contributed by atoms with Crippen LogP contribution < -0.4 is 5.32 Å². The molecule has 5 heteroatoms. The molecule has 0 aliphatic rings. The number of nitrogens with one attached hydrogen (secondary N) is 1. The number of aryl methyl sites for hydroxylation is 1. The molecule has 0 aromatic heterocycles. The van der Waals surface area contributed by atoms with Gasteiger partial charge in [-0.1, -0.05) is 17.7 Å². The Morgan fingerprint density at radius 1 is 1.20 bits per heavy atom. The average Bonchev–Trinajstić information content (AvgIpc) is 2.38. The van der Waals surface area contributed by atoms with Crippen LogP contribution in [0.3, 0.4) is 0 Å². The molecular weight excluding hydrogens is 284 g/mol. The van der Waals surface area contributed by atoms with Gasteiger partial charge >= 0.3 is 0 Å². The first-order chi connectivity index (χ1) is 9.49. The van der Waals surface area contributed by atoms with Gasteiger partial charge in [-0.05, 0) is 48.4 Å². The standard InChI is InChI=1S/C15H14ClF2NO/c1-9-4-11(17)7-12(5-9)19-15(8-20)10-2-3-14(18)13(16)6-10/h2-7,15,19-20H,8H2,1H3. The molecular formula is C15H14ClF2NO. The molecule has 0 heterocycles. The van der Waals surface area contributed by atoms with Crippen molar-refractivity contribution in [2.24, 2.45) is 0 Å². The van der Waals surface area contributed by atoms with Gasteiger partial charge < -0.3 is 10.4 Å². The number of aliphatic hydroxyl groups is 1. The number of hydrogen-bond acceptors (Lipinski definition) is 2. The summed E-state index contributed by atoms with van der Waals surface area (Å²) in [5.41, 5.74) is 1.93. The second-order valence-electron chi connectivity index (χ2n) is 4.57. The Kier molecular flexibility index (Phi) is 4.57. The first-order valence-corrected chi connectivity index (χ1v) is 6.47. The predicted molar refractivity (Wildman–Crippen MR) is 76.0 cm³/mol. The molecule has 0 amide bonds. The highest BCUT2D eigenvalue weighted by molar-refractivity contribution is 6.30. The van der Waals surface area contributed by atoms with E-state index in [-0.39, 0.29) is 17.4 Å². The predicted octanol–water partition coefficient (Wildman–Crippen LogP) is 4.07. The molecule has 20 heavy (non-hydrogen) atoms. The Morgan fingerprint density at radius 2 is 1.95 bits per heavy atom. The van der Waals surface area contributed by atoms with Crippen LogP contribution in [0.4, 0.5) is 14.5 Å². The Bertz CT molecular complexity index is 599. The highest BCUT2D eigenvalue weighted by atomic mass is 35.5. The fourth-order valence-corrected chi connectivity index (χ4v) is 2.17. The number of hydrogen-bond donors (Lipinski definition) is 2. The van der Waals surface area contributed by atoms with E-state index in [1.54, 1.807) is 13.0 Å². The van der Waals surface area contributed by atoms with Gasteiger partial charge in [-0.3, -0.25) is 0 Å². The Balaban J connectivity index is 2.26. The molecule has 0 saturated carbocycles. The zero-order chi connectivity index (χ0) is 14.7. The topological polar surface area (TPSA) is 32.3 Å². The minimum Gasteiger partial charge on any atom is -0.394 e. The van der Waals surface area contributed by atoms with E-state index in [0.29, 0.717) is 11.3 Å². The quantitative estimate of drug-likeness (QED) is 0.891. The van der Waals surface area contributed by atoms with Gasteiger partial charge in [0.1, 0.15) is 11.6 Å². The number of benzene rings is 2. The van der Waals surface area contributed by atoms with Crippen molar-refractivity contribution in [3.05, 3.63) is 64.2 Å². The molecule has 1 atom stereocenters. The zero-order valence-electron chi connectivity index (χ0n) is 10.8. The molecule has 2 aromatic rings. The summed E-state index contributed by atoms with van der Waals surface area (Å²) < 4.78 is 26.5. The molecule has 1 unspecified atom stereocenters. The van der Waals surface area contributed by atoms with Crippen molar-refractivity contribution in [3.8, 4) is 0 Å². The summed E-state index contributed by atoms with van der Waals surface area (Å²) in [7, 11) is 0. The summed E-state index contributed by atoms with van der Waals surface area (Å²) in [5, 5.41) is 12.4. The molecule has 0 fully saturated rings. The van der Waals surface area contributed by atoms with E-state index in [4.69, 9.17) is 11.6 Å². The maximum atomic E-state index is 13.3. The van der Waals surface area contributed by atoms with Gasteiger partial charge in [0.15, 0.2) is 0 Å². The first kappa shape index (κ1) is 14.8. The van der Waals surface area contributed by atoms with E-state index in [0.717, 1.165) is 5.56 Å². The van der Waals surface area contributed by atoms with Crippen LogP contribution in [0, 0.1) is 18.6 Å². The third kappa shape index (κ3) is 3.46. The van der Waals surface area contributed by atoms with Gasteiger partial charge in [-0.25, -0.2) is 8.78 Å². The summed E-state index contributed by atoms with van der Waals surface area (Å²) in [6.45, 7) is 1.55. The second kappa shape index (κ2) is 6.20. The van der Waals surface area contributed by atoms with Gasteiger partial charge in [-0.15, -0.1) is 0 Å². The van der Waals surface area contributed by atoms with E-state index < -0.39 is 11.9 Å². The maximum Gasteiger partial charge on any atom is 0.141 e. The van der Waals surface area contributed by atoms with Crippen molar-refractivity contribution in [2.45, 2.75) is 13.0 Å². The molecule has 0 saturated heterocycles. The van der Waals surface area contributed by atoms with Crippen molar-refractivity contribution in [2.75, 3.05) is 11.9 Å². The molecule has 106 valence electrons. The van der Waals surface area contributed by atoms with Crippen LogP contribution in [0.25, 0.3) is 0 Å². The fraction of sp³-hybridized carbons (Fsp3) is 0.200. The molecule has 0 radical (unpaired) electrons. The molecule has 2 rings (SSSR count). The van der Waals surface area contributed by atoms with E-state index in [1.807, 2.05) is 0 Å². The Hall–Kier alpha value is -1.65. The molecule has 0 spiro atoms. The highest BCUT2D eigenvalue weighted by Gasteiger charge is 2.13. The van der Waals surface area contributed by atoms with Crippen LogP contribution in [-0.2, 0) is 0 Å². The van der Waals surface area contributed by atoms with Crippen molar-refractivity contribution in [3.63, 3.8) is 0 Å². The minimum atomic E-state index is -0.520. The zero-order valence-corrected chi connectivity index (χ0v) is 11.6. The lowest BCUT2D eigenvalue weighted by Gasteiger charge is -2.19. The fourth-order valence-electron chi connectivity index (χ4n) is 1.98. The first-order valence-electron chi connectivity index (χ1n) is 6.09. The lowest BCUT2D eigenvalue weighted by molar-refractivity contribution is 0.276. The summed E-state index contributed by atoms with van der Waals surface area (Å²) in [6.07, 6.45) is 0. The monoisotopic (exact) mass is 297 g/mol. The van der Waals surface area contributed by atoms with E-state index in [2.05, 4.69) is 5.32 Å². The maximum absolute atomic E-state index is 13.3. The highest BCUT2D eigenvalue weighted by Crippen LogP contribution is 2.24. The Morgan fingerprint density at radius 3 is 2.55 bits per heavy atom. The van der Waals surface area contributed by atoms with Crippen molar-refractivity contribution >= 4 is 17.3 Å². The lowest BCUT2D eigenvalue weighted by atomic mass is 10.1. The van der Waals surface area contributed by atoms with Crippen molar-refractivity contribution < 1.29 is 13.9 Å². The smallest absolute Gasteiger partial charge is 0.141 e. The molecule has 0 bridgehead atoms. The molecule has 2 aromatic carbocycles. The lowest BCUT2D eigenvalue weighted by Crippen LogP contribution is -2.15. The van der Waals surface area contributed by atoms with Gasteiger partial charge in [0.2, 0.25) is 0 Å². The molecule has 0 aliphatic heterocycles. The average molecular weight is 298 g/mol. The number of aliphatic hydroxyl groups excluding tert-OH is 1. The SMILES string of the molecule is Cc1cc(F)cc(NC(CO)c2ccc(F)c(Cl)c2)c1. The van der Waals surface area contributed by atoms with Crippen LogP contribution in [0.15, 0.2) is 36.4 Å². The summed E-state index contributed by atoms with van der Waals surface area (Å²) >= 11 is 5.72. The summed E-state index contributed by atoms with van der Waals surface area (Å²) in [6, 6.07) is 8.22. The van der Waals surface area contributed by atoms with Gasteiger partial charge in [0.05, 0.1) is 17.7 Å². The molecule has 0 aliphatic carbocycles. The van der Waals surface area contributed by atoms with E-state index >= 15 is 0 Å². The van der Waals surface area contributed by atoms with Crippen LogP contribution in [0.1, 0.15) is 17.2 Å². The van der Waals surface area contributed by atoms with E-state index in [1.165, 1.54) is 30.3 Å². The van der Waals surface area contributed by atoms with Crippen LogP contribution in [-0.4, -0.2) is 11.7 Å². The van der Waals surface area contributed by atoms with Crippen LogP contribution >= 0.6 is 11.6 Å². The Labute approximate surface area is 121 Å². The number of rotatable bonds is 4. The third-order valence-electron chi connectivity index (χ3n) is 2.91. The summed E-state index contributed by atoms with van der Waals surface area (Å²) in [4.78, 5) is 0. The van der Waals surface area contributed by atoms with Crippen molar-refractivity contribution in [1.82, 2.24) is 0 Å². The minimum absolute atomic E-state index is 0.0156. The van der Waals surface area contributed by atoms with Crippen LogP contribution in [0.5, 0.6) is 0 Å². The van der Waals surface area contributed by atoms with Gasteiger partial charge in [0, 0.05) is 5.69 Å². The molecule has 2 N–H and O–H groups in total. The van der Waals surface area contributed by atoms with Gasteiger partial charge in [-0.2, -0.15) is 0 Å². The number of halogens is 3. The second-order valence-corrected chi connectivity index (χ2v) is 4.98. The third-order valence-corrected chi connectivity index (χ3v) is 3.20. The van der Waals surface area contributed by atoms with Crippen LogP contribution in [0.2, 0.25) is 5.02 Å². The normalized spacial score (nSPS) is 12.2. The molecule has 2 nitrogen and oxygen atoms in total.